The molecule has 1 fully saturated rings. The summed E-state index contributed by atoms with van der Waals surface area (Å²) in [6, 6.07) is 14.2. The lowest BCUT2D eigenvalue weighted by Crippen LogP contribution is -2.40. The monoisotopic (exact) mass is 465 g/mol. The zero-order valence-corrected chi connectivity index (χ0v) is 19.2. The summed E-state index contributed by atoms with van der Waals surface area (Å²) in [5.41, 5.74) is 1.82. The fourth-order valence-electron chi connectivity index (χ4n) is 3.32. The number of hydrogen-bond acceptors (Lipinski definition) is 5. The standard InChI is InChI=1S/C22H28ClN3O4S/c1-2-25(16-19-5-3-4-6-21(19)23)17-22(27)24-15-18-7-9-20(10-8-18)31(28,29)26-11-13-30-14-12-26/h3-10H,2,11-17H2,1H3,(H,24,27). The Labute approximate surface area is 189 Å². The summed E-state index contributed by atoms with van der Waals surface area (Å²) < 4.78 is 32.0. The SMILES string of the molecule is CCN(CC(=O)NCc1ccc(S(=O)(=O)N2CCOCC2)cc1)Cc1ccccc1Cl. The predicted octanol–water partition coefficient (Wildman–Crippen LogP) is 2.50. The molecule has 0 aromatic heterocycles. The van der Waals surface area contributed by atoms with Crippen molar-refractivity contribution in [3.05, 3.63) is 64.7 Å². The maximum Gasteiger partial charge on any atom is 0.243 e. The Morgan fingerprint density at radius 3 is 2.45 bits per heavy atom. The van der Waals surface area contributed by atoms with Gasteiger partial charge >= 0.3 is 0 Å². The number of hydrogen-bond donors (Lipinski definition) is 1. The van der Waals surface area contributed by atoms with Crippen molar-refractivity contribution < 1.29 is 17.9 Å². The summed E-state index contributed by atoms with van der Waals surface area (Å²) in [6.45, 7) is 5.45. The van der Waals surface area contributed by atoms with Crippen LogP contribution in [0.3, 0.4) is 0 Å². The fraction of sp³-hybridized carbons (Fsp3) is 0.409. The van der Waals surface area contributed by atoms with E-state index in [1.165, 1.54) is 4.31 Å². The molecule has 1 aliphatic rings. The van der Waals surface area contributed by atoms with E-state index in [0.717, 1.165) is 11.1 Å². The highest BCUT2D eigenvalue weighted by Gasteiger charge is 2.26. The molecule has 2 aromatic rings. The lowest BCUT2D eigenvalue weighted by Gasteiger charge is -2.26. The molecule has 0 bridgehead atoms. The minimum atomic E-state index is -3.51. The van der Waals surface area contributed by atoms with Crippen LogP contribution in [0.25, 0.3) is 0 Å². The molecule has 168 valence electrons. The van der Waals surface area contributed by atoms with E-state index in [0.29, 0.717) is 51.0 Å². The first kappa shape index (κ1) is 23.7. The molecular weight excluding hydrogens is 438 g/mol. The first-order valence-corrected chi connectivity index (χ1v) is 12.1. The van der Waals surface area contributed by atoms with Gasteiger partial charge in [0.1, 0.15) is 0 Å². The van der Waals surface area contributed by atoms with E-state index in [1.54, 1.807) is 24.3 Å². The molecule has 31 heavy (non-hydrogen) atoms. The first-order valence-electron chi connectivity index (χ1n) is 10.3. The molecule has 1 aliphatic heterocycles. The number of sulfonamides is 1. The smallest absolute Gasteiger partial charge is 0.243 e. The lowest BCUT2D eigenvalue weighted by atomic mass is 10.2. The van der Waals surface area contributed by atoms with E-state index < -0.39 is 10.0 Å². The molecule has 9 heteroatoms. The van der Waals surface area contributed by atoms with Crippen LogP contribution in [-0.2, 0) is 32.6 Å². The van der Waals surface area contributed by atoms with E-state index in [4.69, 9.17) is 16.3 Å². The molecule has 0 atom stereocenters. The molecular formula is C22H28ClN3O4S. The second-order valence-electron chi connectivity index (χ2n) is 7.33. The maximum atomic E-state index is 12.7. The number of morpholine rings is 1. The van der Waals surface area contributed by atoms with Crippen LogP contribution in [0.2, 0.25) is 5.02 Å². The number of nitrogens with zero attached hydrogens (tertiary/aromatic N) is 2. The largest absolute Gasteiger partial charge is 0.379 e. The Balaban J connectivity index is 1.52. The van der Waals surface area contributed by atoms with Gasteiger partial charge in [-0.1, -0.05) is 48.9 Å². The summed E-state index contributed by atoms with van der Waals surface area (Å²) in [5.74, 6) is -0.0982. The van der Waals surface area contributed by atoms with Crippen LogP contribution in [0.4, 0.5) is 0 Å². The number of halogens is 1. The van der Waals surface area contributed by atoms with Crippen molar-refractivity contribution in [3.8, 4) is 0 Å². The number of carbonyl (C=O) groups is 1. The molecule has 7 nitrogen and oxygen atoms in total. The number of benzene rings is 2. The van der Waals surface area contributed by atoms with Gasteiger partial charge < -0.3 is 10.1 Å². The van der Waals surface area contributed by atoms with Crippen LogP contribution >= 0.6 is 11.6 Å². The highest BCUT2D eigenvalue weighted by atomic mass is 35.5. The van der Waals surface area contributed by atoms with Gasteiger partial charge in [0, 0.05) is 31.2 Å². The zero-order valence-electron chi connectivity index (χ0n) is 17.6. The van der Waals surface area contributed by atoms with Crippen molar-refractivity contribution in [2.45, 2.75) is 24.9 Å². The van der Waals surface area contributed by atoms with Crippen molar-refractivity contribution in [1.82, 2.24) is 14.5 Å². The van der Waals surface area contributed by atoms with Crippen LogP contribution in [-0.4, -0.2) is 62.9 Å². The average Bonchev–Trinajstić information content (AvgIpc) is 2.79. The van der Waals surface area contributed by atoms with E-state index in [1.807, 2.05) is 36.1 Å². The number of rotatable bonds is 9. The Hall–Kier alpha value is -1.97. The number of amides is 1. The van der Waals surface area contributed by atoms with Crippen LogP contribution < -0.4 is 5.32 Å². The third kappa shape index (κ3) is 6.51. The van der Waals surface area contributed by atoms with Crippen molar-refractivity contribution in [2.75, 3.05) is 39.4 Å². The Bertz CT molecular complexity index is 977. The molecule has 1 N–H and O–H groups in total. The molecule has 1 amide bonds. The third-order valence-electron chi connectivity index (χ3n) is 5.19. The minimum Gasteiger partial charge on any atom is -0.379 e. The van der Waals surface area contributed by atoms with Gasteiger partial charge in [0.2, 0.25) is 15.9 Å². The van der Waals surface area contributed by atoms with E-state index in [-0.39, 0.29) is 17.3 Å². The van der Waals surface area contributed by atoms with Gasteiger partial charge in [-0.15, -0.1) is 0 Å². The Kier molecular flexibility index (Phi) is 8.45. The Morgan fingerprint density at radius 1 is 1.13 bits per heavy atom. The third-order valence-corrected chi connectivity index (χ3v) is 7.47. The van der Waals surface area contributed by atoms with Gasteiger partial charge in [-0.05, 0) is 35.9 Å². The van der Waals surface area contributed by atoms with Gasteiger partial charge in [0.05, 0.1) is 24.7 Å². The molecule has 0 saturated carbocycles. The average molecular weight is 466 g/mol. The summed E-state index contributed by atoms with van der Waals surface area (Å²) in [6.07, 6.45) is 0. The fourth-order valence-corrected chi connectivity index (χ4v) is 4.93. The summed E-state index contributed by atoms with van der Waals surface area (Å²) >= 11 is 6.22. The second kappa shape index (κ2) is 11.1. The Morgan fingerprint density at radius 2 is 1.81 bits per heavy atom. The van der Waals surface area contributed by atoms with Gasteiger partial charge in [0.25, 0.3) is 0 Å². The molecule has 0 spiro atoms. The highest BCUT2D eigenvalue weighted by molar-refractivity contribution is 7.89. The number of likely N-dealkylation sites (N-methyl/N-ethyl adjacent to an activating group) is 1. The van der Waals surface area contributed by atoms with Gasteiger partial charge in [-0.25, -0.2) is 8.42 Å². The van der Waals surface area contributed by atoms with E-state index >= 15 is 0 Å². The van der Waals surface area contributed by atoms with Crippen LogP contribution in [0, 0.1) is 0 Å². The molecule has 3 rings (SSSR count). The summed E-state index contributed by atoms with van der Waals surface area (Å²) in [7, 11) is -3.51. The molecule has 2 aromatic carbocycles. The molecule has 0 unspecified atom stereocenters. The number of carbonyl (C=O) groups excluding carboxylic acids is 1. The first-order chi connectivity index (χ1) is 14.9. The van der Waals surface area contributed by atoms with Crippen LogP contribution in [0.1, 0.15) is 18.1 Å². The van der Waals surface area contributed by atoms with Crippen molar-refractivity contribution in [3.63, 3.8) is 0 Å². The second-order valence-corrected chi connectivity index (χ2v) is 9.68. The van der Waals surface area contributed by atoms with Gasteiger partial charge in [-0.2, -0.15) is 4.31 Å². The maximum absolute atomic E-state index is 12.7. The van der Waals surface area contributed by atoms with E-state index in [2.05, 4.69) is 5.32 Å². The number of ether oxygens (including phenoxy) is 1. The van der Waals surface area contributed by atoms with Crippen LogP contribution in [0.5, 0.6) is 0 Å². The van der Waals surface area contributed by atoms with Crippen molar-refractivity contribution >= 4 is 27.5 Å². The quantitative estimate of drug-likeness (QED) is 0.615. The lowest BCUT2D eigenvalue weighted by molar-refractivity contribution is -0.122. The van der Waals surface area contributed by atoms with Gasteiger partial charge in [0.15, 0.2) is 0 Å². The summed E-state index contributed by atoms with van der Waals surface area (Å²) in [4.78, 5) is 14.7. The highest BCUT2D eigenvalue weighted by Crippen LogP contribution is 2.18. The van der Waals surface area contributed by atoms with E-state index in [9.17, 15) is 13.2 Å². The topological polar surface area (TPSA) is 79.0 Å². The van der Waals surface area contributed by atoms with Gasteiger partial charge in [-0.3, -0.25) is 9.69 Å². The molecule has 0 aliphatic carbocycles. The minimum absolute atomic E-state index is 0.0982. The number of nitrogens with one attached hydrogen (secondary N) is 1. The van der Waals surface area contributed by atoms with Crippen LogP contribution in [0.15, 0.2) is 53.4 Å². The molecule has 1 heterocycles. The van der Waals surface area contributed by atoms with Crippen molar-refractivity contribution in [2.24, 2.45) is 0 Å². The zero-order chi connectivity index (χ0) is 22.3. The normalized spacial score (nSPS) is 15.2. The predicted molar refractivity (Wildman–Crippen MR) is 120 cm³/mol. The molecule has 1 saturated heterocycles. The van der Waals surface area contributed by atoms with Crippen molar-refractivity contribution in [1.29, 1.82) is 0 Å². The summed E-state index contributed by atoms with van der Waals surface area (Å²) in [5, 5.41) is 3.58. The molecule has 0 radical (unpaired) electrons.